The van der Waals surface area contributed by atoms with Crippen LogP contribution in [0.5, 0.6) is 0 Å². The van der Waals surface area contributed by atoms with Crippen molar-refractivity contribution in [1.29, 1.82) is 0 Å². The van der Waals surface area contributed by atoms with Gasteiger partial charge in [-0.2, -0.15) is 0 Å². The van der Waals surface area contributed by atoms with E-state index >= 15 is 0 Å². The van der Waals surface area contributed by atoms with E-state index in [4.69, 9.17) is 5.73 Å². The molecule has 0 atom stereocenters. The second-order valence-corrected chi connectivity index (χ2v) is 3.78. The summed E-state index contributed by atoms with van der Waals surface area (Å²) in [7, 11) is 0. The number of hydrogen-bond donors (Lipinski definition) is 2. The van der Waals surface area contributed by atoms with Gasteiger partial charge in [0.15, 0.2) is 0 Å². The zero-order chi connectivity index (χ0) is 11.3. The number of hydrogen-bond acceptors (Lipinski definition) is 4. The number of nitrogens with one attached hydrogen (secondary N) is 1. The van der Waals surface area contributed by atoms with Crippen LogP contribution in [0.1, 0.15) is 30.0 Å². The van der Waals surface area contributed by atoms with Gasteiger partial charge < -0.3 is 11.1 Å². The first kappa shape index (κ1) is 11.6. The van der Waals surface area contributed by atoms with Gasteiger partial charge in [0.2, 0.25) is 0 Å². The van der Waals surface area contributed by atoms with Crippen LogP contribution in [-0.4, -0.2) is 22.4 Å². The molecule has 0 bridgehead atoms. The van der Waals surface area contributed by atoms with Crippen molar-refractivity contribution in [2.45, 2.75) is 20.4 Å². The number of carbonyl (C=O) groups is 1. The Bertz CT molecular complexity index is 321. The van der Waals surface area contributed by atoms with E-state index in [9.17, 15) is 4.79 Å². The Morgan fingerprint density at radius 3 is 2.67 bits per heavy atom. The summed E-state index contributed by atoms with van der Waals surface area (Å²) in [5, 5.41) is 3.23. The SMILES string of the molecule is CC(C)CNCc1cnc(C(N)=O)cn1. The van der Waals surface area contributed by atoms with Crippen LogP contribution in [0.3, 0.4) is 0 Å². The maximum atomic E-state index is 10.7. The summed E-state index contributed by atoms with van der Waals surface area (Å²) in [6, 6.07) is 0. The Kier molecular flexibility index (Phi) is 4.17. The Morgan fingerprint density at radius 2 is 2.20 bits per heavy atom. The van der Waals surface area contributed by atoms with Crippen LogP contribution in [0.2, 0.25) is 0 Å². The van der Waals surface area contributed by atoms with Crippen molar-refractivity contribution in [2.24, 2.45) is 11.7 Å². The number of nitrogens with zero attached hydrogens (tertiary/aromatic N) is 2. The van der Waals surface area contributed by atoms with E-state index < -0.39 is 5.91 Å². The highest BCUT2D eigenvalue weighted by atomic mass is 16.1. The van der Waals surface area contributed by atoms with Crippen LogP contribution in [0.4, 0.5) is 0 Å². The molecule has 0 aliphatic carbocycles. The van der Waals surface area contributed by atoms with Gasteiger partial charge in [-0.25, -0.2) is 4.98 Å². The molecule has 1 heterocycles. The van der Waals surface area contributed by atoms with Gasteiger partial charge >= 0.3 is 0 Å². The van der Waals surface area contributed by atoms with Crippen molar-refractivity contribution >= 4 is 5.91 Å². The topological polar surface area (TPSA) is 80.9 Å². The first-order chi connectivity index (χ1) is 7.09. The number of carbonyl (C=O) groups excluding carboxylic acids is 1. The molecule has 1 aromatic heterocycles. The first-order valence-electron chi connectivity index (χ1n) is 4.91. The molecule has 3 N–H and O–H groups in total. The molecule has 0 aliphatic heterocycles. The molecule has 5 nitrogen and oxygen atoms in total. The fourth-order valence-electron chi connectivity index (χ4n) is 1.06. The van der Waals surface area contributed by atoms with E-state index in [1.807, 2.05) is 0 Å². The Hall–Kier alpha value is -1.49. The Labute approximate surface area is 89.1 Å². The predicted octanol–water partition coefficient (Wildman–Crippen LogP) is 0.321. The number of nitrogens with two attached hydrogens (primary N) is 1. The lowest BCUT2D eigenvalue weighted by Gasteiger charge is -2.06. The normalized spacial score (nSPS) is 10.6. The van der Waals surface area contributed by atoms with Crippen LogP contribution in [0.15, 0.2) is 12.4 Å². The molecule has 1 aromatic rings. The summed E-state index contributed by atoms with van der Waals surface area (Å²) in [5.74, 6) is 0.0482. The van der Waals surface area contributed by atoms with Crippen LogP contribution in [0, 0.1) is 5.92 Å². The maximum Gasteiger partial charge on any atom is 0.268 e. The van der Waals surface area contributed by atoms with Crippen molar-refractivity contribution in [3.8, 4) is 0 Å². The highest BCUT2D eigenvalue weighted by molar-refractivity contribution is 5.90. The van der Waals surface area contributed by atoms with Crippen molar-refractivity contribution in [3.05, 3.63) is 23.8 Å². The minimum absolute atomic E-state index is 0.197. The first-order valence-corrected chi connectivity index (χ1v) is 4.91. The van der Waals surface area contributed by atoms with Crippen LogP contribution >= 0.6 is 0 Å². The van der Waals surface area contributed by atoms with Gasteiger partial charge in [0, 0.05) is 6.54 Å². The molecule has 1 amide bonds. The Balaban J connectivity index is 2.46. The van der Waals surface area contributed by atoms with Gasteiger partial charge in [-0.05, 0) is 12.5 Å². The fourth-order valence-corrected chi connectivity index (χ4v) is 1.06. The van der Waals surface area contributed by atoms with E-state index in [1.54, 1.807) is 6.20 Å². The monoisotopic (exact) mass is 208 g/mol. The third-order valence-corrected chi connectivity index (χ3v) is 1.82. The molecule has 0 aliphatic rings. The Morgan fingerprint density at radius 1 is 1.47 bits per heavy atom. The van der Waals surface area contributed by atoms with Gasteiger partial charge in [-0.15, -0.1) is 0 Å². The lowest BCUT2D eigenvalue weighted by molar-refractivity contribution is 0.0995. The summed E-state index contributed by atoms with van der Waals surface area (Å²) in [5.41, 5.74) is 6.05. The van der Waals surface area contributed by atoms with Crippen LogP contribution < -0.4 is 11.1 Å². The molecule has 0 fully saturated rings. The van der Waals surface area contributed by atoms with E-state index in [-0.39, 0.29) is 5.69 Å². The second kappa shape index (κ2) is 5.41. The summed E-state index contributed by atoms with van der Waals surface area (Å²) in [4.78, 5) is 18.7. The average molecular weight is 208 g/mol. The number of amides is 1. The van der Waals surface area contributed by atoms with Gasteiger partial charge in [-0.3, -0.25) is 9.78 Å². The molecular weight excluding hydrogens is 192 g/mol. The van der Waals surface area contributed by atoms with E-state index in [2.05, 4.69) is 29.1 Å². The van der Waals surface area contributed by atoms with E-state index in [0.717, 1.165) is 12.2 Å². The predicted molar refractivity (Wildman–Crippen MR) is 57.1 cm³/mol. The molecule has 0 radical (unpaired) electrons. The zero-order valence-corrected chi connectivity index (χ0v) is 9.03. The molecule has 0 spiro atoms. The van der Waals surface area contributed by atoms with Crippen LogP contribution in [0.25, 0.3) is 0 Å². The third kappa shape index (κ3) is 4.03. The van der Waals surface area contributed by atoms with Gasteiger partial charge in [0.1, 0.15) is 5.69 Å². The minimum Gasteiger partial charge on any atom is -0.364 e. The minimum atomic E-state index is -0.552. The second-order valence-electron chi connectivity index (χ2n) is 3.78. The standard InChI is InChI=1S/C10H16N4O/c1-7(2)3-12-4-8-5-14-9(6-13-8)10(11)15/h5-7,12H,3-4H2,1-2H3,(H2,11,15). The van der Waals surface area contributed by atoms with Gasteiger partial charge in [0.05, 0.1) is 18.1 Å². The fraction of sp³-hybridized carbons (Fsp3) is 0.500. The summed E-state index contributed by atoms with van der Waals surface area (Å²) >= 11 is 0. The van der Waals surface area contributed by atoms with E-state index in [0.29, 0.717) is 12.5 Å². The molecule has 1 rings (SSSR count). The molecule has 0 saturated carbocycles. The molecule has 15 heavy (non-hydrogen) atoms. The molecule has 82 valence electrons. The molecule has 0 saturated heterocycles. The third-order valence-electron chi connectivity index (χ3n) is 1.82. The summed E-state index contributed by atoms with van der Waals surface area (Å²) < 4.78 is 0. The van der Waals surface area contributed by atoms with Crippen molar-refractivity contribution in [3.63, 3.8) is 0 Å². The largest absolute Gasteiger partial charge is 0.364 e. The lowest BCUT2D eigenvalue weighted by atomic mass is 10.2. The number of aromatic nitrogens is 2. The van der Waals surface area contributed by atoms with Crippen LogP contribution in [-0.2, 0) is 6.54 Å². The molecular formula is C10H16N4O. The zero-order valence-electron chi connectivity index (χ0n) is 9.03. The van der Waals surface area contributed by atoms with Crippen molar-refractivity contribution < 1.29 is 4.79 Å². The lowest BCUT2D eigenvalue weighted by Crippen LogP contribution is -2.20. The van der Waals surface area contributed by atoms with E-state index in [1.165, 1.54) is 6.20 Å². The molecule has 0 unspecified atom stereocenters. The summed E-state index contributed by atoms with van der Waals surface area (Å²) in [6.45, 7) is 5.85. The van der Waals surface area contributed by atoms with Crippen molar-refractivity contribution in [1.82, 2.24) is 15.3 Å². The quantitative estimate of drug-likeness (QED) is 0.730. The highest BCUT2D eigenvalue weighted by Gasteiger charge is 2.02. The number of primary amides is 1. The highest BCUT2D eigenvalue weighted by Crippen LogP contribution is 1.95. The average Bonchev–Trinajstić information content (AvgIpc) is 2.18. The van der Waals surface area contributed by atoms with Gasteiger partial charge in [0.25, 0.3) is 5.91 Å². The molecule has 5 heteroatoms. The summed E-state index contributed by atoms with van der Waals surface area (Å²) in [6.07, 6.45) is 2.96. The molecule has 0 aromatic carbocycles. The van der Waals surface area contributed by atoms with Gasteiger partial charge in [-0.1, -0.05) is 13.8 Å². The maximum absolute atomic E-state index is 10.7. The van der Waals surface area contributed by atoms with Crippen molar-refractivity contribution in [2.75, 3.05) is 6.54 Å². The smallest absolute Gasteiger partial charge is 0.268 e. The number of rotatable bonds is 5.